The highest BCUT2D eigenvalue weighted by Gasteiger charge is 2.34. The molecule has 186 valence electrons. The smallest absolute Gasteiger partial charge is 0.244 e. The van der Waals surface area contributed by atoms with E-state index in [1.165, 1.54) is 22.1 Å². The monoisotopic (exact) mass is 516 g/mol. The molecule has 35 heavy (non-hydrogen) atoms. The summed E-state index contributed by atoms with van der Waals surface area (Å²) < 4.78 is 39.0. The third-order valence-corrected chi connectivity index (χ3v) is 10.00. The fraction of sp³-hybridized carbons (Fsp3) is 0.458. The van der Waals surface area contributed by atoms with E-state index in [0.717, 1.165) is 12.8 Å². The van der Waals surface area contributed by atoms with Gasteiger partial charge in [-0.3, -0.25) is 4.79 Å². The number of nitrogens with one attached hydrogen (secondary N) is 1. The number of aromatic nitrogens is 2. The SMILES string of the molecule is COc1ccccc1NC(=O)C1CCN(S(=O)(=O)c2cc(-c3noc(C4CCC4)n3)sc2C)CC1. The van der Waals surface area contributed by atoms with Crippen LogP contribution < -0.4 is 10.1 Å². The van der Waals surface area contributed by atoms with Crippen LogP contribution in [0.5, 0.6) is 5.75 Å². The molecule has 0 atom stereocenters. The number of thiophene rings is 1. The van der Waals surface area contributed by atoms with Crippen LogP contribution in [0.25, 0.3) is 10.7 Å². The van der Waals surface area contributed by atoms with Gasteiger partial charge >= 0.3 is 0 Å². The van der Waals surface area contributed by atoms with Gasteiger partial charge < -0.3 is 14.6 Å². The van der Waals surface area contributed by atoms with Crippen LogP contribution in [0.2, 0.25) is 0 Å². The number of anilines is 1. The summed E-state index contributed by atoms with van der Waals surface area (Å²) in [5.41, 5.74) is 0.610. The van der Waals surface area contributed by atoms with Gasteiger partial charge in [-0.15, -0.1) is 11.3 Å². The van der Waals surface area contributed by atoms with Crippen LogP contribution in [0.15, 0.2) is 39.8 Å². The van der Waals surface area contributed by atoms with Gasteiger partial charge in [0, 0.05) is 29.8 Å². The minimum atomic E-state index is -3.70. The molecule has 0 radical (unpaired) electrons. The van der Waals surface area contributed by atoms with Gasteiger partial charge in [-0.1, -0.05) is 23.7 Å². The summed E-state index contributed by atoms with van der Waals surface area (Å²) in [7, 11) is -2.14. The van der Waals surface area contributed by atoms with Gasteiger partial charge in [0.1, 0.15) is 5.75 Å². The van der Waals surface area contributed by atoms with Crippen molar-refractivity contribution in [1.29, 1.82) is 0 Å². The molecule has 2 aromatic heterocycles. The van der Waals surface area contributed by atoms with Crippen molar-refractivity contribution >= 4 is 33.0 Å². The fourth-order valence-corrected chi connectivity index (χ4v) is 7.42. The first-order valence-corrected chi connectivity index (χ1v) is 14.0. The maximum absolute atomic E-state index is 13.4. The molecule has 0 spiro atoms. The van der Waals surface area contributed by atoms with Crippen LogP contribution in [-0.2, 0) is 14.8 Å². The molecule has 1 aliphatic carbocycles. The van der Waals surface area contributed by atoms with Gasteiger partial charge in [-0.05, 0) is 50.8 Å². The van der Waals surface area contributed by atoms with Crippen molar-refractivity contribution in [3.63, 3.8) is 0 Å². The summed E-state index contributed by atoms with van der Waals surface area (Å²) in [5, 5.41) is 6.99. The fourth-order valence-electron chi connectivity index (χ4n) is 4.47. The number of carbonyl (C=O) groups is 1. The van der Waals surface area contributed by atoms with Crippen LogP contribution in [0.3, 0.4) is 0 Å². The molecule has 1 aromatic carbocycles. The molecule has 9 nitrogen and oxygen atoms in total. The molecule has 1 aliphatic heterocycles. The van der Waals surface area contributed by atoms with E-state index in [2.05, 4.69) is 15.5 Å². The molecule has 3 aromatic rings. The Labute approximate surface area is 208 Å². The summed E-state index contributed by atoms with van der Waals surface area (Å²) >= 11 is 1.35. The molecule has 2 fully saturated rings. The molecule has 3 heterocycles. The number of sulfonamides is 1. The van der Waals surface area contributed by atoms with Crippen LogP contribution >= 0.6 is 11.3 Å². The number of ether oxygens (including phenoxy) is 1. The highest BCUT2D eigenvalue weighted by Crippen LogP contribution is 2.38. The van der Waals surface area contributed by atoms with Crippen molar-refractivity contribution in [2.45, 2.75) is 49.8 Å². The Morgan fingerprint density at radius 3 is 2.63 bits per heavy atom. The third-order valence-electron chi connectivity index (χ3n) is 6.80. The molecule has 0 unspecified atom stereocenters. The van der Waals surface area contributed by atoms with E-state index in [-0.39, 0.29) is 29.8 Å². The molecule has 1 saturated carbocycles. The van der Waals surface area contributed by atoms with Crippen molar-refractivity contribution in [3.05, 3.63) is 41.1 Å². The van der Waals surface area contributed by atoms with Gasteiger partial charge in [0.2, 0.25) is 27.6 Å². The predicted octanol–water partition coefficient (Wildman–Crippen LogP) is 4.42. The molecule has 1 saturated heterocycles. The second-order valence-corrected chi connectivity index (χ2v) is 12.1. The van der Waals surface area contributed by atoms with Crippen LogP contribution in [0, 0.1) is 12.8 Å². The lowest BCUT2D eigenvalue weighted by molar-refractivity contribution is -0.120. The van der Waals surface area contributed by atoms with E-state index in [1.807, 2.05) is 12.1 Å². The Hall–Kier alpha value is -2.76. The molecule has 2 aliphatic rings. The maximum Gasteiger partial charge on any atom is 0.244 e. The van der Waals surface area contributed by atoms with Crippen LogP contribution in [0.4, 0.5) is 5.69 Å². The average molecular weight is 517 g/mol. The summed E-state index contributed by atoms with van der Waals surface area (Å²) in [6.07, 6.45) is 4.18. The van der Waals surface area contributed by atoms with Crippen molar-refractivity contribution in [2.24, 2.45) is 5.92 Å². The normalized spacial score (nSPS) is 17.8. The first-order chi connectivity index (χ1) is 16.9. The number of piperidine rings is 1. The van der Waals surface area contributed by atoms with Crippen molar-refractivity contribution in [3.8, 4) is 16.5 Å². The quantitative estimate of drug-likeness (QED) is 0.494. The Morgan fingerprint density at radius 1 is 1.20 bits per heavy atom. The molecular weight excluding hydrogens is 488 g/mol. The highest BCUT2D eigenvalue weighted by molar-refractivity contribution is 7.89. The number of amides is 1. The van der Waals surface area contributed by atoms with Gasteiger partial charge in [-0.25, -0.2) is 8.42 Å². The Balaban J connectivity index is 1.25. The number of rotatable bonds is 7. The standard InChI is InChI=1S/C24H28N4O5S2/c1-15-21(14-20(34-15)22-26-24(33-27-22)17-6-5-7-17)35(30,31)28-12-10-16(11-13-28)23(29)25-18-8-3-4-9-19(18)32-2/h3-4,8-9,14,16-17H,5-7,10-13H2,1-2H3,(H,25,29). The zero-order chi connectivity index (χ0) is 24.6. The summed E-state index contributed by atoms with van der Waals surface area (Å²) in [6, 6.07) is 8.87. The van der Waals surface area contributed by atoms with E-state index in [0.29, 0.717) is 51.7 Å². The Bertz CT molecular complexity index is 1320. The number of hydrogen-bond donors (Lipinski definition) is 1. The minimum absolute atomic E-state index is 0.125. The third kappa shape index (κ3) is 4.72. The number of hydrogen-bond acceptors (Lipinski definition) is 8. The topological polar surface area (TPSA) is 115 Å². The van der Waals surface area contributed by atoms with Crippen LogP contribution in [-0.4, -0.2) is 49.0 Å². The zero-order valence-electron chi connectivity index (χ0n) is 19.7. The van der Waals surface area contributed by atoms with E-state index in [1.54, 1.807) is 32.2 Å². The lowest BCUT2D eigenvalue weighted by Gasteiger charge is -2.30. The lowest BCUT2D eigenvalue weighted by atomic mass is 9.85. The van der Waals surface area contributed by atoms with E-state index >= 15 is 0 Å². The molecule has 1 amide bonds. The first-order valence-electron chi connectivity index (χ1n) is 11.7. The highest BCUT2D eigenvalue weighted by atomic mass is 32.2. The number of carbonyl (C=O) groups excluding carboxylic acids is 1. The first kappa shape index (κ1) is 24.0. The van der Waals surface area contributed by atoms with E-state index in [4.69, 9.17) is 9.26 Å². The number of methoxy groups -OCH3 is 1. The lowest BCUT2D eigenvalue weighted by Crippen LogP contribution is -2.41. The van der Waals surface area contributed by atoms with E-state index < -0.39 is 10.0 Å². The van der Waals surface area contributed by atoms with Gasteiger partial charge in [0.25, 0.3) is 0 Å². The summed E-state index contributed by atoms with van der Waals surface area (Å²) in [6.45, 7) is 2.36. The maximum atomic E-state index is 13.4. The number of benzene rings is 1. The number of nitrogens with zero attached hydrogens (tertiary/aromatic N) is 3. The number of aryl methyl sites for hydroxylation is 1. The zero-order valence-corrected chi connectivity index (χ0v) is 21.3. The van der Waals surface area contributed by atoms with Gasteiger partial charge in [0.05, 0.1) is 22.6 Å². The largest absolute Gasteiger partial charge is 0.495 e. The molecule has 0 bridgehead atoms. The van der Waals surface area contributed by atoms with Crippen LogP contribution in [0.1, 0.15) is 48.8 Å². The second kappa shape index (κ2) is 9.71. The van der Waals surface area contributed by atoms with Gasteiger partial charge in [-0.2, -0.15) is 9.29 Å². The summed E-state index contributed by atoms with van der Waals surface area (Å²) in [4.78, 5) is 18.9. The van der Waals surface area contributed by atoms with Gasteiger partial charge in [0.15, 0.2) is 0 Å². The van der Waals surface area contributed by atoms with E-state index in [9.17, 15) is 13.2 Å². The Kier molecular flexibility index (Phi) is 6.65. The number of para-hydroxylation sites is 2. The molecule has 1 N–H and O–H groups in total. The minimum Gasteiger partial charge on any atom is -0.495 e. The predicted molar refractivity (Wildman–Crippen MR) is 132 cm³/mol. The Morgan fingerprint density at radius 2 is 1.94 bits per heavy atom. The molecular formula is C24H28N4O5S2. The summed E-state index contributed by atoms with van der Waals surface area (Å²) in [5.74, 6) is 1.59. The molecule has 11 heteroatoms. The second-order valence-electron chi connectivity index (χ2n) is 8.98. The van der Waals surface area contributed by atoms with Crippen molar-refractivity contribution in [1.82, 2.24) is 14.4 Å². The van der Waals surface area contributed by atoms with Crippen molar-refractivity contribution < 1.29 is 22.5 Å². The van der Waals surface area contributed by atoms with Crippen molar-refractivity contribution in [2.75, 3.05) is 25.5 Å². The molecule has 5 rings (SSSR count). The average Bonchev–Trinajstić information content (AvgIpc) is 3.45.